The lowest BCUT2D eigenvalue weighted by molar-refractivity contribution is 0.0601. The van der Waals surface area contributed by atoms with Crippen LogP contribution in [0.25, 0.3) is 0 Å². The van der Waals surface area contributed by atoms with E-state index in [4.69, 9.17) is 26.4 Å². The molecule has 0 atom stereocenters. The van der Waals surface area contributed by atoms with Crippen molar-refractivity contribution < 1.29 is 19.0 Å². The van der Waals surface area contributed by atoms with Crippen LogP contribution in [0.4, 0.5) is 5.00 Å². The number of esters is 1. The van der Waals surface area contributed by atoms with E-state index in [1.165, 1.54) is 12.0 Å². The molecule has 26 heavy (non-hydrogen) atoms. The first-order chi connectivity index (χ1) is 12.7. The molecule has 1 aromatic heterocycles. The fraction of sp³-hybridized carbons (Fsp3) is 0.333. The molecular formula is C18H18N2O4S2. The van der Waals surface area contributed by atoms with E-state index in [9.17, 15) is 4.79 Å². The molecule has 0 radical (unpaired) electrons. The zero-order valence-electron chi connectivity index (χ0n) is 14.2. The minimum absolute atomic E-state index is 0.255. The molecule has 6 nitrogen and oxygen atoms in total. The predicted molar refractivity (Wildman–Crippen MR) is 103 cm³/mol. The molecule has 0 saturated carbocycles. The van der Waals surface area contributed by atoms with Crippen LogP contribution in [0.3, 0.4) is 0 Å². The summed E-state index contributed by atoms with van der Waals surface area (Å²) in [4.78, 5) is 13.4. The van der Waals surface area contributed by atoms with Crippen LogP contribution in [0, 0.1) is 0 Å². The number of anilines is 1. The summed E-state index contributed by atoms with van der Waals surface area (Å²) in [7, 11) is 1.40. The molecule has 0 unspecified atom stereocenters. The molecule has 2 heterocycles. The van der Waals surface area contributed by atoms with Gasteiger partial charge in [-0.2, -0.15) is 0 Å². The van der Waals surface area contributed by atoms with Crippen molar-refractivity contribution in [3.8, 4) is 11.5 Å². The lowest BCUT2D eigenvalue weighted by Crippen LogP contribution is -2.28. The first kappa shape index (κ1) is 17.1. The molecule has 1 aliphatic heterocycles. The van der Waals surface area contributed by atoms with Crippen LogP contribution < -0.4 is 20.1 Å². The number of hydrogen-bond donors (Lipinski definition) is 2. The molecule has 1 aromatic carbocycles. The zero-order valence-corrected chi connectivity index (χ0v) is 15.9. The number of thiocarbonyl (C=S) groups is 1. The first-order valence-electron chi connectivity index (χ1n) is 8.32. The van der Waals surface area contributed by atoms with Crippen molar-refractivity contribution in [1.29, 1.82) is 0 Å². The second-order valence-corrected chi connectivity index (χ2v) is 7.56. The van der Waals surface area contributed by atoms with E-state index >= 15 is 0 Å². The predicted octanol–water partition coefficient (Wildman–Crippen LogP) is 3.24. The van der Waals surface area contributed by atoms with Gasteiger partial charge in [0.2, 0.25) is 6.79 Å². The second kappa shape index (κ2) is 7.13. The molecule has 2 N–H and O–H groups in total. The number of rotatable bonds is 4. The van der Waals surface area contributed by atoms with Gasteiger partial charge in [-0.05, 0) is 54.7 Å². The van der Waals surface area contributed by atoms with Crippen LogP contribution in [0.15, 0.2) is 18.2 Å². The summed E-state index contributed by atoms with van der Waals surface area (Å²) < 4.78 is 15.6. The van der Waals surface area contributed by atoms with E-state index in [0.29, 0.717) is 17.2 Å². The van der Waals surface area contributed by atoms with Crippen LogP contribution >= 0.6 is 23.6 Å². The maximum absolute atomic E-state index is 12.2. The van der Waals surface area contributed by atoms with Crippen LogP contribution in [-0.2, 0) is 24.1 Å². The van der Waals surface area contributed by atoms with E-state index in [1.807, 2.05) is 18.2 Å². The molecule has 8 heteroatoms. The van der Waals surface area contributed by atoms with Gasteiger partial charge in [-0.1, -0.05) is 6.07 Å². The number of carbonyl (C=O) groups is 1. The quantitative estimate of drug-likeness (QED) is 0.614. The summed E-state index contributed by atoms with van der Waals surface area (Å²) in [5, 5.41) is 7.55. The number of carbonyl (C=O) groups excluding carboxylic acids is 1. The highest BCUT2D eigenvalue weighted by atomic mass is 32.1. The Labute approximate surface area is 160 Å². The third kappa shape index (κ3) is 3.22. The Bertz CT molecular complexity index is 878. The van der Waals surface area contributed by atoms with E-state index in [0.717, 1.165) is 46.9 Å². The van der Waals surface area contributed by atoms with Crippen molar-refractivity contribution in [2.75, 3.05) is 19.2 Å². The Kier molecular flexibility index (Phi) is 4.69. The van der Waals surface area contributed by atoms with Gasteiger partial charge >= 0.3 is 5.97 Å². The van der Waals surface area contributed by atoms with Crippen LogP contribution in [-0.4, -0.2) is 25.0 Å². The molecule has 0 spiro atoms. The molecule has 2 aromatic rings. The van der Waals surface area contributed by atoms with Gasteiger partial charge in [0.05, 0.1) is 12.7 Å². The van der Waals surface area contributed by atoms with E-state index in [1.54, 1.807) is 11.3 Å². The summed E-state index contributed by atoms with van der Waals surface area (Å²) in [5.74, 6) is 1.18. The van der Waals surface area contributed by atoms with E-state index in [-0.39, 0.29) is 12.8 Å². The van der Waals surface area contributed by atoms with E-state index < -0.39 is 0 Å². The SMILES string of the molecule is COC(=O)c1c(NC(=S)NCc2ccc3c(c2)OCO3)sc2c1CCC2. The number of thiophene rings is 1. The number of methoxy groups -OCH3 is 1. The molecule has 2 aliphatic rings. The number of fused-ring (bicyclic) bond motifs is 2. The van der Waals surface area contributed by atoms with Crippen molar-refractivity contribution in [2.45, 2.75) is 25.8 Å². The van der Waals surface area contributed by atoms with Crippen molar-refractivity contribution in [3.05, 3.63) is 39.8 Å². The van der Waals surface area contributed by atoms with Crippen LogP contribution in [0.1, 0.15) is 32.8 Å². The average Bonchev–Trinajstić information content (AvgIpc) is 3.34. The molecule has 136 valence electrons. The summed E-state index contributed by atoms with van der Waals surface area (Å²) in [5.41, 5.74) is 2.75. The normalized spacial score (nSPS) is 14.0. The molecule has 0 bridgehead atoms. The summed E-state index contributed by atoms with van der Waals surface area (Å²) in [6.07, 6.45) is 3.00. The monoisotopic (exact) mass is 390 g/mol. The van der Waals surface area contributed by atoms with Crippen molar-refractivity contribution >= 4 is 39.6 Å². The highest BCUT2D eigenvalue weighted by Gasteiger charge is 2.27. The summed E-state index contributed by atoms with van der Waals surface area (Å²) in [6.45, 7) is 0.798. The molecule has 4 rings (SSSR count). The molecule has 0 amide bonds. The van der Waals surface area contributed by atoms with Crippen LogP contribution in [0.2, 0.25) is 0 Å². The number of benzene rings is 1. The molecule has 1 aliphatic carbocycles. The number of nitrogens with one attached hydrogen (secondary N) is 2. The molecule has 0 fully saturated rings. The maximum atomic E-state index is 12.2. The first-order valence-corrected chi connectivity index (χ1v) is 9.54. The Balaban J connectivity index is 1.43. The molecule has 0 saturated heterocycles. The zero-order chi connectivity index (χ0) is 18.1. The fourth-order valence-electron chi connectivity index (χ4n) is 3.19. The number of hydrogen-bond acceptors (Lipinski definition) is 6. The summed E-state index contributed by atoms with van der Waals surface area (Å²) in [6, 6.07) is 5.77. The van der Waals surface area contributed by atoms with Gasteiger partial charge in [0.25, 0.3) is 0 Å². The third-order valence-corrected chi connectivity index (χ3v) is 5.88. The lowest BCUT2D eigenvalue weighted by Gasteiger charge is -2.11. The highest BCUT2D eigenvalue weighted by molar-refractivity contribution is 7.80. The maximum Gasteiger partial charge on any atom is 0.341 e. The standard InChI is InChI=1S/C18H18N2O4S2/c1-22-17(21)15-11-3-2-4-14(11)26-16(15)20-18(25)19-8-10-5-6-12-13(7-10)24-9-23-12/h5-7H,2-4,8-9H2,1H3,(H2,19,20,25). The Hall–Kier alpha value is -2.32. The second-order valence-electron chi connectivity index (χ2n) is 6.05. The Morgan fingerprint density at radius 2 is 2.15 bits per heavy atom. The minimum Gasteiger partial charge on any atom is -0.465 e. The van der Waals surface area contributed by atoms with Gasteiger partial charge in [-0.3, -0.25) is 0 Å². The Morgan fingerprint density at radius 1 is 1.31 bits per heavy atom. The Morgan fingerprint density at radius 3 is 3.00 bits per heavy atom. The molecular weight excluding hydrogens is 372 g/mol. The van der Waals surface area contributed by atoms with Gasteiger partial charge < -0.3 is 24.8 Å². The van der Waals surface area contributed by atoms with Crippen LogP contribution in [0.5, 0.6) is 11.5 Å². The van der Waals surface area contributed by atoms with Gasteiger partial charge in [0.1, 0.15) is 5.00 Å². The average molecular weight is 390 g/mol. The topological polar surface area (TPSA) is 68.8 Å². The highest BCUT2D eigenvalue weighted by Crippen LogP contribution is 2.39. The smallest absolute Gasteiger partial charge is 0.341 e. The van der Waals surface area contributed by atoms with Crippen molar-refractivity contribution in [2.24, 2.45) is 0 Å². The van der Waals surface area contributed by atoms with Gasteiger partial charge in [-0.25, -0.2) is 4.79 Å². The number of ether oxygens (including phenoxy) is 3. The minimum atomic E-state index is -0.314. The summed E-state index contributed by atoms with van der Waals surface area (Å²) >= 11 is 6.98. The largest absolute Gasteiger partial charge is 0.465 e. The van der Waals surface area contributed by atoms with Gasteiger partial charge in [0, 0.05) is 11.4 Å². The van der Waals surface area contributed by atoms with Crippen molar-refractivity contribution in [1.82, 2.24) is 5.32 Å². The number of aryl methyl sites for hydroxylation is 1. The lowest BCUT2D eigenvalue weighted by atomic mass is 10.1. The van der Waals surface area contributed by atoms with E-state index in [2.05, 4.69) is 10.6 Å². The van der Waals surface area contributed by atoms with Crippen molar-refractivity contribution in [3.63, 3.8) is 0 Å². The third-order valence-electron chi connectivity index (χ3n) is 4.43. The van der Waals surface area contributed by atoms with Gasteiger partial charge in [-0.15, -0.1) is 11.3 Å². The van der Waals surface area contributed by atoms with Gasteiger partial charge in [0.15, 0.2) is 16.6 Å². The fourth-order valence-corrected chi connectivity index (χ4v) is 4.71.